The van der Waals surface area contributed by atoms with E-state index in [2.05, 4.69) is 5.32 Å². The summed E-state index contributed by atoms with van der Waals surface area (Å²) in [5, 5.41) is 11.9. The van der Waals surface area contributed by atoms with Crippen molar-refractivity contribution >= 4 is 12.1 Å². The monoisotopic (exact) mass is 271 g/mol. The molecule has 1 saturated carbocycles. The molecule has 0 spiro atoms. The summed E-state index contributed by atoms with van der Waals surface area (Å²) in [5.41, 5.74) is -0.831. The van der Waals surface area contributed by atoms with E-state index in [1.165, 1.54) is 0 Å². The van der Waals surface area contributed by atoms with Crippen LogP contribution in [0.2, 0.25) is 0 Å². The molecular formula is C14H25NO4. The van der Waals surface area contributed by atoms with Gasteiger partial charge in [0.15, 0.2) is 0 Å². The van der Waals surface area contributed by atoms with Crippen LogP contribution < -0.4 is 5.32 Å². The van der Waals surface area contributed by atoms with Crippen LogP contribution in [0.1, 0.15) is 48.0 Å². The lowest BCUT2D eigenvalue weighted by Gasteiger charge is -2.52. The molecule has 0 heterocycles. The third-order valence-electron chi connectivity index (χ3n) is 3.99. The van der Waals surface area contributed by atoms with E-state index in [4.69, 9.17) is 9.84 Å². The predicted octanol–water partition coefficient (Wildman–Crippen LogP) is 2.65. The second kappa shape index (κ2) is 5.02. The molecule has 0 aliphatic heterocycles. The highest BCUT2D eigenvalue weighted by molar-refractivity contribution is 5.73. The van der Waals surface area contributed by atoms with Gasteiger partial charge in [0.1, 0.15) is 5.60 Å². The number of aliphatic carboxylic acids is 1. The Hall–Kier alpha value is -1.26. The highest BCUT2D eigenvalue weighted by Gasteiger charge is 2.54. The van der Waals surface area contributed by atoms with E-state index in [9.17, 15) is 9.59 Å². The Kier molecular flexibility index (Phi) is 4.17. The van der Waals surface area contributed by atoms with Crippen molar-refractivity contribution in [2.45, 2.75) is 59.6 Å². The number of amides is 1. The molecule has 0 bridgehead atoms. The number of rotatable bonds is 3. The minimum Gasteiger partial charge on any atom is -0.481 e. The molecule has 1 rings (SSSR count). The van der Waals surface area contributed by atoms with Crippen LogP contribution in [0.3, 0.4) is 0 Å². The second-order valence-corrected chi connectivity index (χ2v) is 6.99. The van der Waals surface area contributed by atoms with Gasteiger partial charge in [0.05, 0.1) is 5.92 Å². The third kappa shape index (κ3) is 3.61. The van der Waals surface area contributed by atoms with Crippen molar-refractivity contribution in [3.63, 3.8) is 0 Å². The third-order valence-corrected chi connectivity index (χ3v) is 3.99. The molecule has 1 unspecified atom stereocenters. The highest BCUT2D eigenvalue weighted by Crippen LogP contribution is 2.52. The van der Waals surface area contributed by atoms with Gasteiger partial charge in [-0.3, -0.25) is 4.79 Å². The van der Waals surface area contributed by atoms with Crippen molar-refractivity contribution in [1.29, 1.82) is 0 Å². The van der Waals surface area contributed by atoms with Gasteiger partial charge in [0, 0.05) is 6.04 Å². The number of nitrogens with one attached hydrogen (secondary N) is 1. The van der Waals surface area contributed by atoms with Gasteiger partial charge < -0.3 is 15.2 Å². The van der Waals surface area contributed by atoms with Crippen molar-refractivity contribution in [3.8, 4) is 0 Å². The highest BCUT2D eigenvalue weighted by atomic mass is 16.6. The van der Waals surface area contributed by atoms with Gasteiger partial charge >= 0.3 is 12.1 Å². The zero-order chi connectivity index (χ0) is 15.0. The molecule has 19 heavy (non-hydrogen) atoms. The van der Waals surface area contributed by atoms with Crippen LogP contribution in [-0.4, -0.2) is 28.8 Å². The standard InChI is InChI=1S/C14H25NO4/c1-8(15-12(18)19-13(2,3)4)9-7-10(11(16)17)14(9,5)6/h8-10H,7H2,1-6H3,(H,15,18)(H,16,17)/t8?,9-,10+/m0/s1. The quantitative estimate of drug-likeness (QED) is 0.827. The number of carboxylic acids is 1. The van der Waals surface area contributed by atoms with Crippen LogP contribution >= 0.6 is 0 Å². The Labute approximate surface area is 114 Å². The van der Waals surface area contributed by atoms with Crippen molar-refractivity contribution < 1.29 is 19.4 Å². The molecule has 3 atom stereocenters. The number of hydrogen-bond donors (Lipinski definition) is 2. The molecule has 0 radical (unpaired) electrons. The number of carbonyl (C=O) groups is 2. The summed E-state index contributed by atoms with van der Waals surface area (Å²) in [6, 6.07) is -0.0968. The Bertz CT molecular complexity index is 370. The molecule has 5 nitrogen and oxygen atoms in total. The lowest BCUT2D eigenvalue weighted by molar-refractivity contribution is -0.160. The van der Waals surface area contributed by atoms with Gasteiger partial charge in [-0.15, -0.1) is 0 Å². The largest absolute Gasteiger partial charge is 0.481 e. The van der Waals surface area contributed by atoms with Crippen molar-refractivity contribution in [1.82, 2.24) is 5.32 Å². The smallest absolute Gasteiger partial charge is 0.407 e. The van der Waals surface area contributed by atoms with Gasteiger partial charge in [0.25, 0.3) is 0 Å². The first-order valence-corrected chi connectivity index (χ1v) is 6.67. The summed E-state index contributed by atoms with van der Waals surface area (Å²) < 4.78 is 5.20. The van der Waals surface area contributed by atoms with Gasteiger partial charge in [-0.05, 0) is 45.4 Å². The van der Waals surface area contributed by atoms with Crippen LogP contribution in [0.4, 0.5) is 4.79 Å². The van der Waals surface area contributed by atoms with Gasteiger partial charge in [-0.25, -0.2) is 4.79 Å². The average Bonchev–Trinajstić information content (AvgIpc) is 2.11. The van der Waals surface area contributed by atoms with Crippen molar-refractivity contribution in [2.24, 2.45) is 17.3 Å². The molecule has 5 heteroatoms. The van der Waals surface area contributed by atoms with E-state index in [0.717, 1.165) is 0 Å². The first-order chi connectivity index (χ1) is 8.45. The van der Waals surface area contributed by atoms with E-state index in [1.807, 2.05) is 41.5 Å². The number of carboxylic acid groups (broad SMARTS) is 1. The molecule has 1 aliphatic rings. The minimum atomic E-state index is -0.759. The summed E-state index contributed by atoms with van der Waals surface area (Å²) >= 11 is 0. The fraction of sp³-hybridized carbons (Fsp3) is 0.857. The molecule has 1 amide bonds. The van der Waals surface area contributed by atoms with Gasteiger partial charge in [-0.1, -0.05) is 13.8 Å². The van der Waals surface area contributed by atoms with E-state index >= 15 is 0 Å². The summed E-state index contributed by atoms with van der Waals surface area (Å²) in [7, 11) is 0. The number of carbonyl (C=O) groups excluding carboxylic acids is 1. The topological polar surface area (TPSA) is 75.6 Å². The minimum absolute atomic E-state index is 0.0968. The molecule has 0 saturated heterocycles. The Morgan fingerprint density at radius 2 is 1.89 bits per heavy atom. The van der Waals surface area contributed by atoms with Crippen molar-refractivity contribution in [3.05, 3.63) is 0 Å². The molecule has 0 aromatic carbocycles. The van der Waals surface area contributed by atoms with E-state index in [-0.39, 0.29) is 23.3 Å². The fourth-order valence-corrected chi connectivity index (χ4v) is 2.82. The Morgan fingerprint density at radius 3 is 2.26 bits per heavy atom. The molecule has 0 aromatic rings. The zero-order valence-corrected chi connectivity index (χ0v) is 12.6. The maximum Gasteiger partial charge on any atom is 0.407 e. The van der Waals surface area contributed by atoms with Crippen LogP contribution in [0, 0.1) is 17.3 Å². The number of ether oxygens (including phenoxy) is 1. The molecule has 2 N–H and O–H groups in total. The fourth-order valence-electron chi connectivity index (χ4n) is 2.82. The first kappa shape index (κ1) is 15.8. The SMILES string of the molecule is CC(NC(=O)OC(C)(C)C)[C@@H]1C[C@H](C(=O)O)C1(C)C. The maximum atomic E-state index is 11.7. The lowest BCUT2D eigenvalue weighted by Crippen LogP contribution is -2.57. The summed E-state index contributed by atoms with van der Waals surface area (Å²) in [6.07, 6.45) is 0.147. The summed E-state index contributed by atoms with van der Waals surface area (Å²) in [5.74, 6) is -0.938. The van der Waals surface area contributed by atoms with E-state index < -0.39 is 17.7 Å². The molecule has 1 fully saturated rings. The Morgan fingerprint density at radius 1 is 1.37 bits per heavy atom. The van der Waals surface area contributed by atoms with E-state index in [1.54, 1.807) is 0 Å². The van der Waals surface area contributed by atoms with Crippen LogP contribution in [-0.2, 0) is 9.53 Å². The van der Waals surface area contributed by atoms with Crippen LogP contribution in [0.5, 0.6) is 0 Å². The first-order valence-electron chi connectivity index (χ1n) is 6.67. The molecular weight excluding hydrogens is 246 g/mol. The van der Waals surface area contributed by atoms with Crippen molar-refractivity contribution in [2.75, 3.05) is 0 Å². The Balaban J connectivity index is 2.55. The maximum absolute atomic E-state index is 11.7. The van der Waals surface area contributed by atoms with Gasteiger partial charge in [-0.2, -0.15) is 0 Å². The van der Waals surface area contributed by atoms with Crippen LogP contribution in [0.15, 0.2) is 0 Å². The normalized spacial score (nSPS) is 27.1. The zero-order valence-electron chi connectivity index (χ0n) is 12.6. The second-order valence-electron chi connectivity index (χ2n) is 6.99. The molecule has 1 aliphatic carbocycles. The predicted molar refractivity (Wildman–Crippen MR) is 71.8 cm³/mol. The van der Waals surface area contributed by atoms with E-state index in [0.29, 0.717) is 6.42 Å². The van der Waals surface area contributed by atoms with Gasteiger partial charge in [0.2, 0.25) is 0 Å². The number of hydrogen-bond acceptors (Lipinski definition) is 3. The molecule has 0 aromatic heterocycles. The molecule has 110 valence electrons. The summed E-state index contributed by atoms with van der Waals surface area (Å²) in [6.45, 7) is 11.2. The van der Waals surface area contributed by atoms with Crippen LogP contribution in [0.25, 0.3) is 0 Å². The number of alkyl carbamates (subject to hydrolysis) is 1. The summed E-state index contributed by atoms with van der Waals surface area (Å²) in [4.78, 5) is 22.8. The average molecular weight is 271 g/mol. The lowest BCUT2D eigenvalue weighted by atomic mass is 9.53.